The Morgan fingerprint density at radius 3 is 2.50 bits per heavy atom. The van der Waals surface area contributed by atoms with Gasteiger partial charge in [-0.2, -0.15) is 0 Å². The van der Waals surface area contributed by atoms with Crippen LogP contribution in [0, 0.1) is 5.82 Å². The van der Waals surface area contributed by atoms with E-state index in [1.165, 1.54) is 19.1 Å². The predicted octanol–water partition coefficient (Wildman–Crippen LogP) is 2.60. The molecule has 0 saturated carbocycles. The first kappa shape index (κ1) is 12.2. The second-order valence-corrected chi connectivity index (χ2v) is 4.14. The number of nitrogen functional groups attached to an aromatic ring is 1. The number of nitrogens with two attached hydrogens (primary N) is 1. The number of pyridine rings is 1. The maximum atomic E-state index is 12.8. The molecule has 1 heterocycles. The molecule has 0 saturated heterocycles. The lowest BCUT2D eigenvalue weighted by molar-refractivity contribution is 0.101. The Bertz CT molecular complexity index is 579. The summed E-state index contributed by atoms with van der Waals surface area (Å²) in [5.41, 5.74) is 8.28. The Morgan fingerprint density at radius 1 is 1.28 bits per heavy atom. The number of rotatable bonds is 3. The highest BCUT2D eigenvalue weighted by atomic mass is 19.1. The lowest BCUT2D eigenvalue weighted by atomic mass is 10.1. The molecule has 0 amide bonds. The molecule has 0 fully saturated rings. The number of carbonyl (C=O) groups excluding carboxylic acids is 1. The van der Waals surface area contributed by atoms with Crippen LogP contribution in [0.2, 0.25) is 0 Å². The summed E-state index contributed by atoms with van der Waals surface area (Å²) < 4.78 is 12.8. The number of Topliss-reactive ketones (excluding diaryl/α,β-unsaturated/α-hetero) is 1. The molecular formula is C14H13FN2O. The number of hydrogen-bond acceptors (Lipinski definition) is 3. The van der Waals surface area contributed by atoms with Gasteiger partial charge in [-0.15, -0.1) is 0 Å². The Morgan fingerprint density at radius 2 is 1.94 bits per heavy atom. The standard InChI is InChI=1S/C14H13FN2O/c1-9(18)14-13(16)7-11(8-17-14)6-10-2-4-12(15)5-3-10/h2-5,7-8H,6,16H2,1H3. The van der Waals surface area contributed by atoms with Crippen LogP contribution in [0.1, 0.15) is 28.5 Å². The molecule has 2 aromatic rings. The molecule has 0 bridgehead atoms. The average Bonchev–Trinajstić information content (AvgIpc) is 2.32. The monoisotopic (exact) mass is 244 g/mol. The maximum absolute atomic E-state index is 12.8. The molecule has 4 heteroatoms. The van der Waals surface area contributed by atoms with Crippen LogP contribution in [0.3, 0.4) is 0 Å². The highest BCUT2D eigenvalue weighted by Gasteiger charge is 2.07. The first-order valence-electron chi connectivity index (χ1n) is 5.56. The number of carbonyl (C=O) groups is 1. The summed E-state index contributed by atoms with van der Waals surface area (Å²) in [5.74, 6) is -0.413. The highest BCUT2D eigenvalue weighted by Crippen LogP contribution is 2.15. The summed E-state index contributed by atoms with van der Waals surface area (Å²) in [5, 5.41) is 0. The fourth-order valence-corrected chi connectivity index (χ4v) is 1.76. The number of ketones is 1. The number of benzene rings is 1. The molecule has 0 radical (unpaired) electrons. The van der Waals surface area contributed by atoms with Gasteiger partial charge in [0.2, 0.25) is 0 Å². The maximum Gasteiger partial charge on any atom is 0.180 e. The van der Waals surface area contributed by atoms with E-state index in [9.17, 15) is 9.18 Å². The topological polar surface area (TPSA) is 56.0 Å². The van der Waals surface area contributed by atoms with Gasteiger partial charge in [0.15, 0.2) is 5.78 Å². The van der Waals surface area contributed by atoms with Crippen molar-refractivity contribution < 1.29 is 9.18 Å². The fourth-order valence-electron chi connectivity index (χ4n) is 1.76. The van der Waals surface area contributed by atoms with E-state index >= 15 is 0 Å². The molecule has 0 unspecified atom stereocenters. The van der Waals surface area contributed by atoms with Gasteiger partial charge in [-0.1, -0.05) is 12.1 Å². The van der Waals surface area contributed by atoms with Crippen LogP contribution in [-0.4, -0.2) is 10.8 Å². The van der Waals surface area contributed by atoms with Crippen LogP contribution >= 0.6 is 0 Å². The van der Waals surface area contributed by atoms with Crippen molar-refractivity contribution in [3.63, 3.8) is 0 Å². The summed E-state index contributed by atoms with van der Waals surface area (Å²) in [7, 11) is 0. The van der Waals surface area contributed by atoms with Crippen molar-refractivity contribution in [1.29, 1.82) is 0 Å². The largest absolute Gasteiger partial charge is 0.397 e. The van der Waals surface area contributed by atoms with E-state index in [1.807, 2.05) is 0 Å². The molecule has 0 aliphatic rings. The third-order valence-corrected chi connectivity index (χ3v) is 2.63. The number of nitrogens with zero attached hydrogens (tertiary/aromatic N) is 1. The van der Waals surface area contributed by atoms with Crippen molar-refractivity contribution in [3.05, 3.63) is 59.2 Å². The molecule has 0 aliphatic heterocycles. The summed E-state index contributed by atoms with van der Waals surface area (Å²) in [6, 6.07) is 7.98. The zero-order valence-electron chi connectivity index (χ0n) is 9.98. The van der Waals surface area contributed by atoms with E-state index in [4.69, 9.17) is 5.73 Å². The second kappa shape index (κ2) is 4.96. The molecule has 1 aromatic carbocycles. The van der Waals surface area contributed by atoms with Crippen molar-refractivity contribution in [2.45, 2.75) is 13.3 Å². The molecule has 2 N–H and O–H groups in total. The molecule has 0 spiro atoms. The Kier molecular flexibility index (Phi) is 3.37. The normalized spacial score (nSPS) is 10.3. The van der Waals surface area contributed by atoms with Gasteiger partial charge < -0.3 is 5.73 Å². The number of hydrogen-bond donors (Lipinski definition) is 1. The van der Waals surface area contributed by atoms with Crippen molar-refractivity contribution >= 4 is 11.5 Å². The van der Waals surface area contributed by atoms with Crippen LogP contribution in [-0.2, 0) is 6.42 Å². The fraction of sp³-hybridized carbons (Fsp3) is 0.143. The predicted molar refractivity (Wildman–Crippen MR) is 67.9 cm³/mol. The van der Waals surface area contributed by atoms with Crippen LogP contribution in [0.15, 0.2) is 36.5 Å². The van der Waals surface area contributed by atoms with Crippen LogP contribution in [0.4, 0.5) is 10.1 Å². The lowest BCUT2D eigenvalue weighted by Gasteiger charge is -2.05. The third kappa shape index (κ3) is 2.71. The number of halogens is 1. The Hall–Kier alpha value is -2.23. The molecule has 1 aromatic heterocycles. The van der Waals surface area contributed by atoms with E-state index in [0.29, 0.717) is 12.1 Å². The smallest absolute Gasteiger partial charge is 0.180 e. The molecule has 0 atom stereocenters. The van der Waals surface area contributed by atoms with E-state index in [2.05, 4.69) is 4.98 Å². The minimum absolute atomic E-state index is 0.152. The van der Waals surface area contributed by atoms with E-state index in [0.717, 1.165) is 11.1 Å². The van der Waals surface area contributed by atoms with Crippen molar-refractivity contribution in [2.24, 2.45) is 0 Å². The van der Waals surface area contributed by atoms with Gasteiger partial charge in [0.05, 0.1) is 5.69 Å². The van der Waals surface area contributed by atoms with Crippen molar-refractivity contribution in [2.75, 3.05) is 5.73 Å². The van der Waals surface area contributed by atoms with Crippen LogP contribution in [0.5, 0.6) is 0 Å². The summed E-state index contributed by atoms with van der Waals surface area (Å²) in [6.07, 6.45) is 2.23. The minimum atomic E-state index is -0.261. The Balaban J connectivity index is 2.22. The first-order chi connectivity index (χ1) is 8.56. The van der Waals surface area contributed by atoms with E-state index in [1.54, 1.807) is 24.4 Å². The van der Waals surface area contributed by atoms with Crippen LogP contribution in [0.25, 0.3) is 0 Å². The average molecular weight is 244 g/mol. The van der Waals surface area contributed by atoms with Gasteiger partial charge in [-0.25, -0.2) is 4.39 Å². The molecule has 3 nitrogen and oxygen atoms in total. The molecule has 2 rings (SSSR count). The SMILES string of the molecule is CC(=O)c1ncc(Cc2ccc(F)cc2)cc1N. The van der Waals surface area contributed by atoms with Gasteiger partial charge in [-0.3, -0.25) is 9.78 Å². The van der Waals surface area contributed by atoms with Crippen molar-refractivity contribution in [3.8, 4) is 0 Å². The molecule has 18 heavy (non-hydrogen) atoms. The zero-order chi connectivity index (χ0) is 13.1. The number of aromatic nitrogens is 1. The minimum Gasteiger partial charge on any atom is -0.397 e. The summed E-state index contributed by atoms with van der Waals surface area (Å²) in [4.78, 5) is 15.2. The molecular weight excluding hydrogens is 231 g/mol. The summed E-state index contributed by atoms with van der Waals surface area (Å²) >= 11 is 0. The van der Waals surface area contributed by atoms with Gasteiger partial charge >= 0.3 is 0 Å². The van der Waals surface area contributed by atoms with Gasteiger partial charge in [-0.05, 0) is 35.7 Å². The first-order valence-corrected chi connectivity index (χ1v) is 5.56. The second-order valence-electron chi connectivity index (χ2n) is 4.14. The molecule has 92 valence electrons. The molecule has 0 aliphatic carbocycles. The Labute approximate surface area is 104 Å². The lowest BCUT2D eigenvalue weighted by Crippen LogP contribution is -2.04. The van der Waals surface area contributed by atoms with Crippen molar-refractivity contribution in [1.82, 2.24) is 4.98 Å². The summed E-state index contributed by atoms with van der Waals surface area (Å²) in [6.45, 7) is 1.43. The highest BCUT2D eigenvalue weighted by molar-refractivity contribution is 5.96. The van der Waals surface area contributed by atoms with Gasteiger partial charge in [0, 0.05) is 13.1 Å². The number of anilines is 1. The third-order valence-electron chi connectivity index (χ3n) is 2.63. The quantitative estimate of drug-likeness (QED) is 0.844. The zero-order valence-corrected chi connectivity index (χ0v) is 9.98. The van der Waals surface area contributed by atoms with Crippen LogP contribution < -0.4 is 5.73 Å². The van der Waals surface area contributed by atoms with E-state index < -0.39 is 0 Å². The van der Waals surface area contributed by atoms with E-state index in [-0.39, 0.29) is 17.3 Å². The van der Waals surface area contributed by atoms with Gasteiger partial charge in [0.25, 0.3) is 0 Å². The van der Waals surface area contributed by atoms with Gasteiger partial charge in [0.1, 0.15) is 11.5 Å².